The molecule has 1 aliphatic heterocycles. The lowest BCUT2D eigenvalue weighted by molar-refractivity contribution is -0.0502. The highest BCUT2D eigenvalue weighted by Gasteiger charge is 2.28. The number of halogens is 1. The van der Waals surface area contributed by atoms with Crippen LogP contribution in [0.3, 0.4) is 0 Å². The van der Waals surface area contributed by atoms with Gasteiger partial charge in [-0.05, 0) is 56.2 Å². The molecular weight excluding hydrogens is 317 g/mol. The first-order chi connectivity index (χ1) is 7.49. The molecule has 0 aliphatic carbocycles. The Morgan fingerprint density at radius 1 is 1.38 bits per heavy atom. The molecule has 4 nitrogen and oxygen atoms in total. The zero-order valence-corrected chi connectivity index (χ0v) is 12.1. The molecule has 2 unspecified atom stereocenters. The van der Waals surface area contributed by atoms with Crippen LogP contribution in [0.25, 0.3) is 0 Å². The largest absolute Gasteiger partial charge is 0.383 e. The van der Waals surface area contributed by atoms with Crippen molar-refractivity contribution in [1.82, 2.24) is 9.78 Å². The van der Waals surface area contributed by atoms with Gasteiger partial charge in [0.1, 0.15) is 5.82 Å². The Morgan fingerprint density at radius 2 is 1.94 bits per heavy atom. The quantitative estimate of drug-likeness (QED) is 0.803. The maximum Gasteiger partial charge on any atom is 0.135 e. The third-order valence-electron chi connectivity index (χ3n) is 3.07. The molecular formula is C11H18IN3O. The topological polar surface area (TPSA) is 53.1 Å². The van der Waals surface area contributed by atoms with Gasteiger partial charge in [-0.25, -0.2) is 4.68 Å². The van der Waals surface area contributed by atoms with Gasteiger partial charge in [-0.2, -0.15) is 5.10 Å². The highest BCUT2D eigenvalue weighted by Crippen LogP contribution is 2.32. The van der Waals surface area contributed by atoms with Crippen molar-refractivity contribution in [1.29, 1.82) is 0 Å². The summed E-state index contributed by atoms with van der Waals surface area (Å²) in [4.78, 5) is 0. The van der Waals surface area contributed by atoms with E-state index >= 15 is 0 Å². The summed E-state index contributed by atoms with van der Waals surface area (Å²) in [6.07, 6.45) is 2.56. The van der Waals surface area contributed by atoms with Crippen molar-refractivity contribution < 1.29 is 4.74 Å². The maximum absolute atomic E-state index is 6.08. The van der Waals surface area contributed by atoms with Gasteiger partial charge in [-0.3, -0.25) is 0 Å². The molecule has 16 heavy (non-hydrogen) atoms. The third-order valence-corrected chi connectivity index (χ3v) is 4.40. The lowest BCUT2D eigenvalue weighted by Gasteiger charge is -2.32. The molecule has 2 heterocycles. The first-order valence-electron chi connectivity index (χ1n) is 5.64. The minimum Gasteiger partial charge on any atom is -0.383 e. The Balaban J connectivity index is 2.26. The average Bonchev–Trinajstić information content (AvgIpc) is 2.44. The predicted octanol–water partition coefficient (Wildman–Crippen LogP) is 2.51. The average molecular weight is 335 g/mol. The normalized spacial score (nSPS) is 30.6. The van der Waals surface area contributed by atoms with Crippen LogP contribution in [-0.4, -0.2) is 22.0 Å². The van der Waals surface area contributed by atoms with Gasteiger partial charge in [0.25, 0.3) is 0 Å². The number of nitrogens with zero attached hydrogens (tertiary/aromatic N) is 2. The number of aryl methyl sites for hydroxylation is 1. The van der Waals surface area contributed by atoms with Crippen LogP contribution in [-0.2, 0) is 4.74 Å². The van der Waals surface area contributed by atoms with Crippen molar-refractivity contribution >= 4 is 28.4 Å². The molecule has 1 fully saturated rings. The van der Waals surface area contributed by atoms with E-state index in [9.17, 15) is 0 Å². The first kappa shape index (κ1) is 12.2. The molecule has 2 atom stereocenters. The molecule has 0 spiro atoms. The van der Waals surface area contributed by atoms with Crippen LogP contribution in [0.1, 0.15) is 38.4 Å². The van der Waals surface area contributed by atoms with Crippen LogP contribution in [0, 0.1) is 10.5 Å². The Kier molecular flexibility index (Phi) is 3.44. The van der Waals surface area contributed by atoms with Gasteiger partial charge >= 0.3 is 0 Å². The van der Waals surface area contributed by atoms with Gasteiger partial charge in [0.2, 0.25) is 0 Å². The Morgan fingerprint density at radius 3 is 2.38 bits per heavy atom. The molecule has 2 rings (SSSR count). The number of aromatic nitrogens is 2. The van der Waals surface area contributed by atoms with Crippen molar-refractivity contribution in [3.63, 3.8) is 0 Å². The van der Waals surface area contributed by atoms with Gasteiger partial charge in [0.15, 0.2) is 0 Å². The van der Waals surface area contributed by atoms with Crippen LogP contribution in [0.5, 0.6) is 0 Å². The maximum atomic E-state index is 6.08. The van der Waals surface area contributed by atoms with Gasteiger partial charge in [0.05, 0.1) is 27.5 Å². The molecule has 1 aliphatic rings. The van der Waals surface area contributed by atoms with Gasteiger partial charge in [-0.1, -0.05) is 0 Å². The van der Waals surface area contributed by atoms with Crippen molar-refractivity contribution in [3.05, 3.63) is 9.26 Å². The summed E-state index contributed by atoms with van der Waals surface area (Å²) in [5.41, 5.74) is 7.10. The Labute approximate surface area is 110 Å². The standard InChI is InChI=1S/C11H18IN3O/c1-6-4-9(5-7(2)16-6)15-11(13)10(12)8(3)14-15/h6-7,9H,4-5,13H2,1-3H3. The zero-order chi connectivity index (χ0) is 11.9. The van der Waals surface area contributed by atoms with Crippen molar-refractivity contribution in [3.8, 4) is 0 Å². The van der Waals surface area contributed by atoms with E-state index in [1.807, 2.05) is 11.6 Å². The minimum atomic E-state index is 0.287. The van der Waals surface area contributed by atoms with E-state index in [-0.39, 0.29) is 12.2 Å². The highest BCUT2D eigenvalue weighted by atomic mass is 127. The number of hydrogen-bond acceptors (Lipinski definition) is 3. The number of ether oxygens (including phenoxy) is 1. The number of anilines is 1. The fraction of sp³-hybridized carbons (Fsp3) is 0.727. The first-order valence-corrected chi connectivity index (χ1v) is 6.72. The number of rotatable bonds is 1. The van der Waals surface area contributed by atoms with E-state index in [2.05, 4.69) is 41.5 Å². The second-order valence-electron chi connectivity index (χ2n) is 4.61. The summed E-state index contributed by atoms with van der Waals surface area (Å²) in [5, 5.41) is 4.53. The van der Waals surface area contributed by atoms with E-state index in [0.717, 1.165) is 27.9 Å². The lowest BCUT2D eigenvalue weighted by atomic mass is 10.0. The molecule has 90 valence electrons. The fourth-order valence-electron chi connectivity index (χ4n) is 2.39. The summed E-state index contributed by atoms with van der Waals surface area (Å²) < 4.78 is 8.78. The Bertz CT molecular complexity index is 381. The molecule has 1 aromatic heterocycles. The fourth-order valence-corrected chi connectivity index (χ4v) is 2.75. The van der Waals surface area contributed by atoms with Crippen molar-refractivity contribution in [2.24, 2.45) is 0 Å². The van der Waals surface area contributed by atoms with Gasteiger partial charge < -0.3 is 10.5 Å². The SMILES string of the molecule is Cc1nn(C2CC(C)OC(C)C2)c(N)c1I. The van der Waals surface area contributed by atoms with Crippen molar-refractivity contribution in [2.45, 2.75) is 51.9 Å². The molecule has 2 N–H and O–H groups in total. The summed E-state index contributed by atoms with van der Waals surface area (Å²) in [6, 6.07) is 0.376. The second kappa shape index (κ2) is 4.52. The molecule has 1 saturated heterocycles. The minimum absolute atomic E-state index is 0.287. The van der Waals surface area contributed by atoms with Crippen LogP contribution in [0.2, 0.25) is 0 Å². The number of hydrogen-bond donors (Lipinski definition) is 1. The number of nitrogens with two attached hydrogens (primary N) is 1. The number of nitrogen functional groups attached to an aromatic ring is 1. The summed E-state index contributed by atoms with van der Waals surface area (Å²) in [7, 11) is 0. The van der Waals surface area contributed by atoms with Crippen LogP contribution in [0.4, 0.5) is 5.82 Å². The van der Waals surface area contributed by atoms with E-state index in [1.165, 1.54) is 0 Å². The molecule has 0 radical (unpaired) electrons. The molecule has 0 bridgehead atoms. The van der Waals surface area contributed by atoms with Crippen LogP contribution < -0.4 is 5.73 Å². The summed E-state index contributed by atoms with van der Waals surface area (Å²) in [6.45, 7) is 6.22. The highest BCUT2D eigenvalue weighted by molar-refractivity contribution is 14.1. The predicted molar refractivity (Wildman–Crippen MR) is 72.4 cm³/mol. The third kappa shape index (κ3) is 2.20. The van der Waals surface area contributed by atoms with Crippen LogP contribution >= 0.6 is 22.6 Å². The molecule has 0 aromatic carbocycles. The van der Waals surface area contributed by atoms with Crippen LogP contribution in [0.15, 0.2) is 0 Å². The molecule has 5 heteroatoms. The van der Waals surface area contributed by atoms with E-state index in [4.69, 9.17) is 10.5 Å². The molecule has 0 saturated carbocycles. The summed E-state index contributed by atoms with van der Waals surface area (Å²) in [5.74, 6) is 0.796. The zero-order valence-electron chi connectivity index (χ0n) is 9.90. The monoisotopic (exact) mass is 335 g/mol. The van der Waals surface area contributed by atoms with Crippen molar-refractivity contribution in [2.75, 3.05) is 5.73 Å². The van der Waals surface area contributed by atoms with E-state index < -0.39 is 0 Å². The van der Waals surface area contributed by atoms with E-state index in [0.29, 0.717) is 6.04 Å². The van der Waals surface area contributed by atoms with Gasteiger partial charge in [0, 0.05) is 0 Å². The second-order valence-corrected chi connectivity index (χ2v) is 5.69. The smallest absolute Gasteiger partial charge is 0.135 e. The Hall–Kier alpha value is -0.300. The summed E-state index contributed by atoms with van der Waals surface area (Å²) >= 11 is 2.26. The molecule has 1 aromatic rings. The molecule has 0 amide bonds. The lowest BCUT2D eigenvalue weighted by Crippen LogP contribution is -2.31. The van der Waals surface area contributed by atoms with E-state index in [1.54, 1.807) is 0 Å². The van der Waals surface area contributed by atoms with Gasteiger partial charge in [-0.15, -0.1) is 0 Å².